The number of nitrogens with zero attached hydrogens (tertiary/aromatic N) is 2. The Bertz CT molecular complexity index is 678. The van der Waals surface area contributed by atoms with Crippen LogP contribution < -0.4 is 10.6 Å². The summed E-state index contributed by atoms with van der Waals surface area (Å²) < 4.78 is 36.5. The van der Waals surface area contributed by atoms with E-state index < -0.39 is 23.7 Å². The highest BCUT2D eigenvalue weighted by Crippen LogP contribution is 2.17. The largest absolute Gasteiger partial charge is 0.384 e. The highest BCUT2D eigenvalue weighted by atomic mass is 19.2. The normalized spacial score (nSPS) is 12.0. The number of amides is 2. The lowest BCUT2D eigenvalue weighted by molar-refractivity contribution is 0.199. The zero-order chi connectivity index (χ0) is 16.8. The molecular formula is C14H16F2N4O3. The Kier molecular flexibility index (Phi) is 5.58. The smallest absolute Gasteiger partial charge is 0.319 e. The number of methoxy groups -OCH3 is 1. The molecule has 0 saturated carbocycles. The molecule has 1 aromatic carbocycles. The number of benzene rings is 1. The third-order valence-corrected chi connectivity index (χ3v) is 2.93. The van der Waals surface area contributed by atoms with Crippen molar-refractivity contribution in [1.82, 2.24) is 15.5 Å². The summed E-state index contributed by atoms with van der Waals surface area (Å²) in [5.74, 6) is -1.52. The van der Waals surface area contributed by atoms with E-state index in [1.807, 2.05) is 0 Å². The number of urea groups is 1. The van der Waals surface area contributed by atoms with Crippen molar-refractivity contribution >= 4 is 11.7 Å². The number of hydrogen-bond acceptors (Lipinski definition) is 5. The summed E-state index contributed by atoms with van der Waals surface area (Å²) in [7, 11) is 1.56. The highest BCUT2D eigenvalue weighted by molar-refractivity contribution is 5.89. The average Bonchev–Trinajstić information content (AvgIpc) is 2.99. The van der Waals surface area contributed by atoms with Crippen LogP contribution in [-0.4, -0.2) is 29.9 Å². The fourth-order valence-electron chi connectivity index (χ4n) is 1.76. The fraction of sp³-hybridized carbons (Fsp3) is 0.357. The van der Waals surface area contributed by atoms with Crippen LogP contribution in [0.5, 0.6) is 0 Å². The van der Waals surface area contributed by atoms with Gasteiger partial charge in [0.05, 0.1) is 12.3 Å². The number of nitrogens with one attached hydrogen (secondary N) is 2. The number of hydrogen-bond donors (Lipinski definition) is 2. The van der Waals surface area contributed by atoms with Gasteiger partial charge in [-0.1, -0.05) is 11.2 Å². The maximum atomic E-state index is 13.5. The van der Waals surface area contributed by atoms with Crippen molar-refractivity contribution in [2.24, 2.45) is 0 Å². The minimum absolute atomic E-state index is 0.200. The molecule has 0 fully saturated rings. The number of carbonyl (C=O) groups is 1. The first-order chi connectivity index (χ1) is 11.0. The second-order valence-corrected chi connectivity index (χ2v) is 4.71. The molecule has 0 aliphatic heterocycles. The van der Waals surface area contributed by atoms with Crippen molar-refractivity contribution in [3.05, 3.63) is 41.5 Å². The lowest BCUT2D eigenvalue weighted by Crippen LogP contribution is -2.31. The summed E-state index contributed by atoms with van der Waals surface area (Å²) in [5, 5.41) is 8.46. The standard InChI is InChI=1S/C14H16F2N4O3/c1-8(13-19-11(20-23-13)6-7-22-2)17-14(21)18-10-5-3-4-9(15)12(10)16/h3-5,8H,6-7H2,1-2H3,(H2,17,18,21)/t8-/m0/s1. The molecule has 1 heterocycles. The van der Waals surface area contributed by atoms with E-state index in [-0.39, 0.29) is 11.6 Å². The number of anilines is 1. The molecule has 23 heavy (non-hydrogen) atoms. The number of ether oxygens (including phenoxy) is 1. The average molecular weight is 326 g/mol. The van der Waals surface area contributed by atoms with Crippen LogP contribution in [0.25, 0.3) is 0 Å². The molecule has 0 spiro atoms. The number of rotatable bonds is 6. The van der Waals surface area contributed by atoms with Crippen LogP contribution in [0.3, 0.4) is 0 Å². The van der Waals surface area contributed by atoms with E-state index in [9.17, 15) is 13.6 Å². The minimum Gasteiger partial charge on any atom is -0.384 e. The van der Waals surface area contributed by atoms with E-state index in [0.29, 0.717) is 18.9 Å². The zero-order valence-electron chi connectivity index (χ0n) is 12.6. The molecule has 0 aliphatic carbocycles. The molecule has 7 nitrogen and oxygen atoms in total. The minimum atomic E-state index is -1.13. The molecule has 1 aromatic heterocycles. The van der Waals surface area contributed by atoms with Crippen molar-refractivity contribution in [3.63, 3.8) is 0 Å². The van der Waals surface area contributed by atoms with Gasteiger partial charge in [-0.15, -0.1) is 0 Å². The Morgan fingerprint density at radius 1 is 1.43 bits per heavy atom. The molecule has 9 heteroatoms. The van der Waals surface area contributed by atoms with Crippen LogP contribution >= 0.6 is 0 Å². The quantitative estimate of drug-likeness (QED) is 0.851. The third-order valence-electron chi connectivity index (χ3n) is 2.93. The maximum absolute atomic E-state index is 13.5. The maximum Gasteiger partial charge on any atom is 0.319 e. The molecule has 0 aliphatic rings. The van der Waals surface area contributed by atoms with Crippen molar-refractivity contribution in [1.29, 1.82) is 0 Å². The van der Waals surface area contributed by atoms with Crippen molar-refractivity contribution in [2.45, 2.75) is 19.4 Å². The van der Waals surface area contributed by atoms with E-state index in [1.165, 1.54) is 12.1 Å². The molecule has 2 amide bonds. The Morgan fingerprint density at radius 2 is 2.22 bits per heavy atom. The van der Waals surface area contributed by atoms with Gasteiger partial charge in [0.25, 0.3) is 0 Å². The van der Waals surface area contributed by atoms with E-state index in [1.54, 1.807) is 14.0 Å². The third kappa shape index (κ3) is 4.46. The zero-order valence-corrected chi connectivity index (χ0v) is 12.6. The first-order valence-corrected chi connectivity index (χ1v) is 6.84. The predicted molar refractivity (Wildman–Crippen MR) is 76.8 cm³/mol. The number of aromatic nitrogens is 2. The lowest BCUT2D eigenvalue weighted by Gasteiger charge is -2.11. The first-order valence-electron chi connectivity index (χ1n) is 6.84. The van der Waals surface area contributed by atoms with Crippen LogP contribution in [0.4, 0.5) is 19.3 Å². The molecule has 124 valence electrons. The number of halogens is 2. The predicted octanol–water partition coefficient (Wildman–Crippen LogP) is 2.42. The summed E-state index contributed by atoms with van der Waals surface area (Å²) in [6, 6.07) is 2.17. The van der Waals surface area contributed by atoms with Gasteiger partial charge >= 0.3 is 6.03 Å². The van der Waals surface area contributed by atoms with Gasteiger partial charge in [0, 0.05) is 13.5 Å². The molecule has 0 bridgehead atoms. The van der Waals surface area contributed by atoms with Crippen LogP contribution in [-0.2, 0) is 11.2 Å². The molecule has 0 unspecified atom stereocenters. The highest BCUT2D eigenvalue weighted by Gasteiger charge is 2.18. The molecular weight excluding hydrogens is 310 g/mol. The Morgan fingerprint density at radius 3 is 2.96 bits per heavy atom. The van der Waals surface area contributed by atoms with E-state index in [2.05, 4.69) is 20.8 Å². The molecule has 2 aromatic rings. The van der Waals surface area contributed by atoms with Crippen LogP contribution in [0.15, 0.2) is 22.7 Å². The topological polar surface area (TPSA) is 89.3 Å². The van der Waals surface area contributed by atoms with E-state index in [0.717, 1.165) is 6.07 Å². The van der Waals surface area contributed by atoms with Gasteiger partial charge in [-0.3, -0.25) is 0 Å². The van der Waals surface area contributed by atoms with Crippen molar-refractivity contribution in [3.8, 4) is 0 Å². The molecule has 0 radical (unpaired) electrons. The van der Waals surface area contributed by atoms with E-state index in [4.69, 9.17) is 9.26 Å². The van der Waals surface area contributed by atoms with Gasteiger partial charge in [-0.05, 0) is 19.1 Å². The van der Waals surface area contributed by atoms with Gasteiger partial charge in [-0.2, -0.15) is 4.98 Å². The SMILES string of the molecule is COCCc1noc([C@H](C)NC(=O)Nc2cccc(F)c2F)n1. The van der Waals surface area contributed by atoms with Gasteiger partial charge in [0.1, 0.15) is 6.04 Å². The Balaban J connectivity index is 1.94. The van der Waals surface area contributed by atoms with E-state index >= 15 is 0 Å². The van der Waals surface area contributed by atoms with Crippen LogP contribution in [0.2, 0.25) is 0 Å². The Hall–Kier alpha value is -2.55. The Labute approximate surface area is 131 Å². The summed E-state index contributed by atoms with van der Waals surface area (Å²) in [6.45, 7) is 2.06. The van der Waals surface area contributed by atoms with Gasteiger partial charge in [0.15, 0.2) is 17.5 Å². The molecule has 2 N–H and O–H groups in total. The van der Waals surface area contributed by atoms with Gasteiger partial charge in [-0.25, -0.2) is 13.6 Å². The summed E-state index contributed by atoms with van der Waals surface area (Å²) in [6.07, 6.45) is 0.480. The van der Waals surface area contributed by atoms with Crippen molar-refractivity contribution in [2.75, 3.05) is 19.0 Å². The fourth-order valence-corrected chi connectivity index (χ4v) is 1.76. The first kappa shape index (κ1) is 16.8. The summed E-state index contributed by atoms with van der Waals surface area (Å²) in [5.41, 5.74) is -0.263. The number of carbonyl (C=O) groups excluding carboxylic acids is 1. The summed E-state index contributed by atoms with van der Waals surface area (Å²) >= 11 is 0. The monoisotopic (exact) mass is 326 g/mol. The van der Waals surface area contributed by atoms with Gasteiger partial charge in [0.2, 0.25) is 5.89 Å². The molecule has 0 saturated heterocycles. The lowest BCUT2D eigenvalue weighted by atomic mass is 10.3. The summed E-state index contributed by atoms with van der Waals surface area (Å²) in [4.78, 5) is 15.9. The van der Waals surface area contributed by atoms with Crippen molar-refractivity contribution < 1.29 is 22.8 Å². The molecule has 2 rings (SSSR count). The second kappa shape index (κ2) is 7.63. The van der Waals surface area contributed by atoms with Crippen LogP contribution in [0, 0.1) is 11.6 Å². The second-order valence-electron chi connectivity index (χ2n) is 4.71. The van der Waals surface area contributed by atoms with Gasteiger partial charge < -0.3 is 19.9 Å². The molecule has 1 atom stereocenters. The van der Waals surface area contributed by atoms with Crippen LogP contribution in [0.1, 0.15) is 24.7 Å².